The third kappa shape index (κ3) is 2.55. The van der Waals surface area contributed by atoms with Crippen molar-refractivity contribution in [1.82, 2.24) is 0 Å². The first-order valence-corrected chi connectivity index (χ1v) is 6.20. The lowest BCUT2D eigenvalue weighted by molar-refractivity contribution is -0.160. The first-order chi connectivity index (χ1) is 8.52. The Morgan fingerprint density at radius 1 is 1.33 bits per heavy atom. The SMILES string of the molecule is CC(C)CC1(c2ccccc2)CC(O)=CC(=O)O1. The van der Waals surface area contributed by atoms with Crippen LogP contribution in [0.15, 0.2) is 42.2 Å². The summed E-state index contributed by atoms with van der Waals surface area (Å²) in [7, 11) is 0. The number of esters is 1. The summed E-state index contributed by atoms with van der Waals surface area (Å²) < 4.78 is 5.57. The maximum atomic E-state index is 11.6. The van der Waals surface area contributed by atoms with Gasteiger partial charge < -0.3 is 9.84 Å². The molecule has 3 heteroatoms. The highest BCUT2D eigenvalue weighted by Crippen LogP contribution is 2.40. The monoisotopic (exact) mass is 246 g/mol. The average molecular weight is 246 g/mol. The number of cyclic esters (lactones) is 1. The average Bonchev–Trinajstić information content (AvgIpc) is 2.27. The van der Waals surface area contributed by atoms with Crippen LogP contribution < -0.4 is 0 Å². The van der Waals surface area contributed by atoms with Crippen LogP contribution in [0.2, 0.25) is 0 Å². The van der Waals surface area contributed by atoms with Crippen molar-refractivity contribution >= 4 is 5.97 Å². The van der Waals surface area contributed by atoms with Crippen molar-refractivity contribution in [1.29, 1.82) is 0 Å². The van der Waals surface area contributed by atoms with Crippen LogP contribution in [0.25, 0.3) is 0 Å². The molecule has 1 heterocycles. The number of hydrogen-bond donors (Lipinski definition) is 1. The largest absolute Gasteiger partial charge is 0.512 e. The summed E-state index contributed by atoms with van der Waals surface area (Å²) in [5.74, 6) is -0.0112. The predicted molar refractivity (Wildman–Crippen MR) is 69.0 cm³/mol. The molecule has 0 saturated heterocycles. The van der Waals surface area contributed by atoms with E-state index in [2.05, 4.69) is 13.8 Å². The summed E-state index contributed by atoms with van der Waals surface area (Å²) in [6, 6.07) is 9.64. The zero-order valence-electron chi connectivity index (χ0n) is 10.7. The Morgan fingerprint density at radius 3 is 2.56 bits per heavy atom. The second-order valence-electron chi connectivity index (χ2n) is 5.19. The normalized spacial score (nSPS) is 23.7. The van der Waals surface area contributed by atoms with Crippen LogP contribution >= 0.6 is 0 Å². The lowest BCUT2D eigenvalue weighted by Gasteiger charge is -2.37. The summed E-state index contributed by atoms with van der Waals surface area (Å²) in [5.41, 5.74) is 0.206. The van der Waals surface area contributed by atoms with Gasteiger partial charge in [0.25, 0.3) is 0 Å². The summed E-state index contributed by atoms with van der Waals surface area (Å²) >= 11 is 0. The smallest absolute Gasteiger partial charge is 0.335 e. The Bertz CT molecular complexity index is 462. The molecule has 0 saturated carbocycles. The van der Waals surface area contributed by atoms with Crippen LogP contribution in [0.5, 0.6) is 0 Å². The highest BCUT2D eigenvalue weighted by molar-refractivity contribution is 5.84. The molecule has 2 rings (SSSR count). The van der Waals surface area contributed by atoms with E-state index in [9.17, 15) is 9.90 Å². The van der Waals surface area contributed by atoms with Gasteiger partial charge in [0.2, 0.25) is 0 Å². The van der Waals surface area contributed by atoms with Crippen LogP contribution in [0.1, 0.15) is 32.3 Å². The molecule has 0 bridgehead atoms. The summed E-state index contributed by atoms with van der Waals surface area (Å²) in [5, 5.41) is 9.75. The molecular formula is C15H18O3. The van der Waals surface area contributed by atoms with Crippen LogP contribution in [0.4, 0.5) is 0 Å². The van der Waals surface area contributed by atoms with E-state index in [0.29, 0.717) is 18.8 Å². The molecule has 1 aliphatic heterocycles. The van der Waals surface area contributed by atoms with E-state index in [-0.39, 0.29) is 5.76 Å². The molecule has 0 aromatic heterocycles. The Morgan fingerprint density at radius 2 is 2.00 bits per heavy atom. The zero-order valence-corrected chi connectivity index (χ0v) is 10.7. The van der Waals surface area contributed by atoms with E-state index in [0.717, 1.165) is 11.6 Å². The number of benzene rings is 1. The van der Waals surface area contributed by atoms with Gasteiger partial charge >= 0.3 is 5.97 Å². The molecule has 18 heavy (non-hydrogen) atoms. The summed E-state index contributed by atoms with van der Waals surface area (Å²) in [4.78, 5) is 11.6. The molecule has 0 fully saturated rings. The van der Waals surface area contributed by atoms with E-state index in [1.165, 1.54) is 0 Å². The maximum absolute atomic E-state index is 11.6. The fourth-order valence-corrected chi connectivity index (χ4v) is 2.53. The number of ether oxygens (including phenoxy) is 1. The number of rotatable bonds is 3. The first-order valence-electron chi connectivity index (χ1n) is 6.20. The maximum Gasteiger partial charge on any atom is 0.335 e. The number of hydrogen-bond acceptors (Lipinski definition) is 3. The molecule has 0 radical (unpaired) electrons. The highest BCUT2D eigenvalue weighted by Gasteiger charge is 2.40. The van der Waals surface area contributed by atoms with Gasteiger partial charge in [-0.05, 0) is 17.9 Å². The lowest BCUT2D eigenvalue weighted by Crippen LogP contribution is -2.37. The minimum Gasteiger partial charge on any atom is -0.512 e. The van der Waals surface area contributed by atoms with Gasteiger partial charge in [-0.2, -0.15) is 0 Å². The Balaban J connectivity index is 2.42. The number of aliphatic hydroxyl groups excluding tert-OH is 1. The van der Waals surface area contributed by atoms with Crippen molar-refractivity contribution in [3.8, 4) is 0 Å². The Hall–Kier alpha value is -1.77. The van der Waals surface area contributed by atoms with Gasteiger partial charge in [0, 0.05) is 6.42 Å². The fraction of sp³-hybridized carbons (Fsp3) is 0.400. The molecule has 96 valence electrons. The van der Waals surface area contributed by atoms with E-state index in [1.807, 2.05) is 30.3 Å². The molecule has 1 aromatic rings. The van der Waals surface area contributed by atoms with E-state index in [1.54, 1.807) is 0 Å². The van der Waals surface area contributed by atoms with Gasteiger partial charge in [-0.25, -0.2) is 4.79 Å². The van der Waals surface area contributed by atoms with Gasteiger partial charge in [0.1, 0.15) is 11.4 Å². The molecule has 0 amide bonds. The third-order valence-electron chi connectivity index (χ3n) is 3.08. The molecule has 1 aromatic carbocycles. The molecule has 3 nitrogen and oxygen atoms in total. The van der Waals surface area contributed by atoms with Crippen LogP contribution in [0, 0.1) is 5.92 Å². The summed E-state index contributed by atoms with van der Waals surface area (Å²) in [6.07, 6.45) is 2.20. The van der Waals surface area contributed by atoms with Gasteiger partial charge in [-0.3, -0.25) is 0 Å². The Kier molecular flexibility index (Phi) is 3.41. The molecular weight excluding hydrogens is 228 g/mol. The van der Waals surface area contributed by atoms with Crippen molar-refractivity contribution < 1.29 is 14.6 Å². The molecule has 1 atom stereocenters. The summed E-state index contributed by atoms with van der Waals surface area (Å²) in [6.45, 7) is 4.15. The standard InChI is InChI=1S/C15H18O3/c1-11(2)9-15(12-6-4-3-5-7-12)10-13(16)8-14(17)18-15/h3-8,11,16H,9-10H2,1-2H3. The highest BCUT2D eigenvalue weighted by atomic mass is 16.6. The van der Waals surface area contributed by atoms with Crippen molar-refractivity contribution in [3.63, 3.8) is 0 Å². The van der Waals surface area contributed by atoms with Crippen LogP contribution in [-0.4, -0.2) is 11.1 Å². The molecule has 1 aliphatic rings. The zero-order chi connectivity index (χ0) is 13.2. The second kappa shape index (κ2) is 4.84. The van der Waals surface area contributed by atoms with Gasteiger partial charge in [0.15, 0.2) is 0 Å². The quantitative estimate of drug-likeness (QED) is 0.832. The predicted octanol–water partition coefficient (Wildman–Crippen LogP) is 3.32. The van der Waals surface area contributed by atoms with Crippen molar-refractivity contribution in [2.24, 2.45) is 5.92 Å². The van der Waals surface area contributed by atoms with Crippen LogP contribution in [-0.2, 0) is 15.1 Å². The van der Waals surface area contributed by atoms with Crippen molar-refractivity contribution in [2.45, 2.75) is 32.3 Å². The van der Waals surface area contributed by atoms with Gasteiger partial charge in [0.05, 0.1) is 6.08 Å². The topological polar surface area (TPSA) is 46.5 Å². The lowest BCUT2D eigenvalue weighted by atomic mass is 9.81. The van der Waals surface area contributed by atoms with Crippen molar-refractivity contribution in [2.75, 3.05) is 0 Å². The molecule has 1 unspecified atom stereocenters. The molecule has 1 N–H and O–H groups in total. The number of carbonyl (C=O) groups is 1. The van der Waals surface area contributed by atoms with E-state index >= 15 is 0 Å². The number of aliphatic hydroxyl groups is 1. The van der Waals surface area contributed by atoms with Crippen LogP contribution in [0.3, 0.4) is 0 Å². The van der Waals surface area contributed by atoms with Crippen molar-refractivity contribution in [3.05, 3.63) is 47.7 Å². The minimum absolute atomic E-state index is 0.0933. The van der Waals surface area contributed by atoms with Gasteiger partial charge in [-0.15, -0.1) is 0 Å². The Labute approximate surface area is 107 Å². The second-order valence-corrected chi connectivity index (χ2v) is 5.19. The minimum atomic E-state index is -0.731. The first kappa shape index (κ1) is 12.7. The van der Waals surface area contributed by atoms with E-state index in [4.69, 9.17) is 4.74 Å². The van der Waals surface area contributed by atoms with Gasteiger partial charge in [-0.1, -0.05) is 44.2 Å². The fourth-order valence-electron chi connectivity index (χ4n) is 2.53. The number of carbonyl (C=O) groups excluding carboxylic acids is 1. The third-order valence-corrected chi connectivity index (χ3v) is 3.08. The molecule has 0 spiro atoms. The molecule has 0 aliphatic carbocycles. The van der Waals surface area contributed by atoms with E-state index < -0.39 is 11.6 Å².